The summed E-state index contributed by atoms with van der Waals surface area (Å²) in [5, 5.41) is 2.97. The maximum absolute atomic E-state index is 12.3. The quantitative estimate of drug-likeness (QED) is 0.260. The minimum Gasteiger partial charge on any atom is -0.370 e. The Morgan fingerprint density at radius 2 is 1.80 bits per heavy atom. The van der Waals surface area contributed by atoms with Gasteiger partial charge in [0, 0.05) is 5.57 Å². The van der Waals surface area contributed by atoms with Gasteiger partial charge in [-0.25, -0.2) is 4.99 Å². The molecule has 0 aliphatic rings. The Labute approximate surface area is 151 Å². The Bertz CT molecular complexity index is 630. The van der Waals surface area contributed by atoms with E-state index in [-0.39, 0.29) is 17.9 Å². The van der Waals surface area contributed by atoms with Crippen molar-refractivity contribution in [3.05, 3.63) is 71.9 Å². The lowest BCUT2D eigenvalue weighted by atomic mass is 10.1. The third kappa shape index (κ3) is 9.81. The molecule has 1 amide bonds. The summed E-state index contributed by atoms with van der Waals surface area (Å²) in [6.07, 6.45) is 14.8. The van der Waals surface area contributed by atoms with E-state index in [1.165, 1.54) is 0 Å². The van der Waals surface area contributed by atoms with Gasteiger partial charge in [0.15, 0.2) is 5.96 Å². The molecule has 1 atom stereocenters. The molecule has 0 aliphatic heterocycles. The van der Waals surface area contributed by atoms with Gasteiger partial charge in [0.05, 0.1) is 12.6 Å². The van der Waals surface area contributed by atoms with Crippen molar-refractivity contribution in [1.82, 2.24) is 5.32 Å². The highest BCUT2D eigenvalue weighted by molar-refractivity contribution is 5.93. The van der Waals surface area contributed by atoms with Gasteiger partial charge in [0.25, 0.3) is 0 Å². The second kappa shape index (κ2) is 12.6. The van der Waals surface area contributed by atoms with Crippen molar-refractivity contribution in [2.75, 3.05) is 6.54 Å². The molecule has 0 heterocycles. The van der Waals surface area contributed by atoms with Gasteiger partial charge in [-0.2, -0.15) is 0 Å². The number of carbonyl (C=O) groups is 1. The van der Waals surface area contributed by atoms with Crippen molar-refractivity contribution in [2.45, 2.75) is 33.7 Å². The average molecular weight is 342 g/mol. The zero-order chi connectivity index (χ0) is 19.2. The predicted molar refractivity (Wildman–Crippen MR) is 108 cm³/mol. The smallest absolute Gasteiger partial charge is 0.247 e. The maximum atomic E-state index is 12.3. The van der Waals surface area contributed by atoms with E-state index in [9.17, 15) is 4.79 Å². The highest BCUT2D eigenvalue weighted by atomic mass is 16.1. The van der Waals surface area contributed by atoms with Crippen LogP contribution in [0.1, 0.15) is 27.7 Å². The lowest BCUT2D eigenvalue weighted by Crippen LogP contribution is -2.34. The zero-order valence-corrected chi connectivity index (χ0v) is 15.6. The largest absolute Gasteiger partial charge is 0.370 e. The summed E-state index contributed by atoms with van der Waals surface area (Å²) < 4.78 is 0. The van der Waals surface area contributed by atoms with Crippen LogP contribution in [0.4, 0.5) is 0 Å². The highest BCUT2D eigenvalue weighted by Crippen LogP contribution is 2.07. The van der Waals surface area contributed by atoms with Crippen molar-refractivity contribution in [3.63, 3.8) is 0 Å². The molecule has 0 bridgehead atoms. The number of nitrogens with zero attached hydrogens (tertiary/aromatic N) is 1. The van der Waals surface area contributed by atoms with Crippen LogP contribution in [0.5, 0.6) is 0 Å². The number of hydrogen-bond acceptors (Lipinski definition) is 2. The Balaban J connectivity index is 5.14. The van der Waals surface area contributed by atoms with Crippen LogP contribution in [0.2, 0.25) is 0 Å². The molecule has 0 rings (SSSR count). The molecule has 0 unspecified atom stereocenters. The number of nitrogens with one attached hydrogen (secondary N) is 1. The van der Waals surface area contributed by atoms with Crippen LogP contribution >= 0.6 is 0 Å². The van der Waals surface area contributed by atoms with Gasteiger partial charge in [-0.05, 0) is 38.8 Å². The van der Waals surface area contributed by atoms with Crippen molar-refractivity contribution < 1.29 is 4.79 Å². The summed E-state index contributed by atoms with van der Waals surface area (Å²) in [7, 11) is 0. The molecule has 0 radical (unpaired) electrons. The van der Waals surface area contributed by atoms with E-state index in [2.05, 4.69) is 16.9 Å². The molecule has 25 heavy (non-hydrogen) atoms. The van der Waals surface area contributed by atoms with Gasteiger partial charge in [-0.3, -0.25) is 4.79 Å². The van der Waals surface area contributed by atoms with Crippen LogP contribution in [0, 0.1) is 0 Å². The van der Waals surface area contributed by atoms with Crippen LogP contribution in [0.15, 0.2) is 76.9 Å². The number of aliphatic imine (C=N–C) groups is 1. The molecular formula is C20H30N4O. The summed E-state index contributed by atoms with van der Waals surface area (Å²) in [5.41, 5.74) is 13.2. The first-order valence-corrected chi connectivity index (χ1v) is 8.17. The molecule has 0 aliphatic carbocycles. The molecule has 0 spiro atoms. The Morgan fingerprint density at radius 1 is 1.16 bits per heavy atom. The van der Waals surface area contributed by atoms with Gasteiger partial charge < -0.3 is 16.8 Å². The molecule has 136 valence electrons. The van der Waals surface area contributed by atoms with Crippen LogP contribution < -0.4 is 16.8 Å². The molecule has 5 heteroatoms. The fourth-order valence-electron chi connectivity index (χ4n) is 1.93. The maximum Gasteiger partial charge on any atom is 0.247 e. The minimum atomic E-state index is -0.134. The SMILES string of the molecule is C=C/C=C(\C=C/C)[C@@H](C)NC(=O)/C(C)=C/C=C(/C=C\C)CN=C(N)N. The second-order valence-electron chi connectivity index (χ2n) is 5.43. The zero-order valence-electron chi connectivity index (χ0n) is 15.6. The average Bonchev–Trinajstić information content (AvgIpc) is 2.56. The Kier molecular flexibility index (Phi) is 11.2. The van der Waals surface area contributed by atoms with Crippen molar-refractivity contribution in [3.8, 4) is 0 Å². The fraction of sp³-hybridized carbons (Fsp3) is 0.300. The first kappa shape index (κ1) is 22.2. The van der Waals surface area contributed by atoms with Crippen LogP contribution in [0.25, 0.3) is 0 Å². The van der Waals surface area contributed by atoms with Crippen LogP contribution in [-0.4, -0.2) is 24.5 Å². The third-order valence-corrected chi connectivity index (χ3v) is 3.25. The van der Waals surface area contributed by atoms with Crippen molar-refractivity contribution in [2.24, 2.45) is 16.5 Å². The second-order valence-corrected chi connectivity index (χ2v) is 5.43. The number of carbonyl (C=O) groups excluding carboxylic acids is 1. The molecular weight excluding hydrogens is 312 g/mol. The topological polar surface area (TPSA) is 93.5 Å². The number of hydrogen-bond donors (Lipinski definition) is 3. The van der Waals surface area contributed by atoms with Crippen LogP contribution in [0.3, 0.4) is 0 Å². The molecule has 0 aromatic rings. The first-order valence-electron chi connectivity index (χ1n) is 8.17. The van der Waals surface area contributed by atoms with Gasteiger partial charge in [0.2, 0.25) is 5.91 Å². The summed E-state index contributed by atoms with van der Waals surface area (Å²) in [6, 6.07) is -0.120. The summed E-state index contributed by atoms with van der Waals surface area (Å²) in [4.78, 5) is 16.3. The van der Waals surface area contributed by atoms with E-state index >= 15 is 0 Å². The van der Waals surface area contributed by atoms with E-state index < -0.39 is 0 Å². The number of allylic oxidation sites excluding steroid dienone is 6. The van der Waals surface area contributed by atoms with Crippen molar-refractivity contribution in [1.29, 1.82) is 0 Å². The summed E-state index contributed by atoms with van der Waals surface area (Å²) in [5.74, 6) is -0.0990. The lowest BCUT2D eigenvalue weighted by molar-refractivity contribution is -0.117. The van der Waals surface area contributed by atoms with E-state index in [4.69, 9.17) is 11.5 Å². The fourth-order valence-corrected chi connectivity index (χ4v) is 1.93. The van der Waals surface area contributed by atoms with E-state index in [1.54, 1.807) is 19.1 Å². The number of amides is 1. The minimum absolute atomic E-state index is 0.0354. The number of nitrogens with two attached hydrogens (primary N) is 2. The molecule has 0 fully saturated rings. The van der Waals surface area contributed by atoms with Crippen LogP contribution in [-0.2, 0) is 4.79 Å². The van der Waals surface area contributed by atoms with Crippen molar-refractivity contribution >= 4 is 11.9 Å². The van der Waals surface area contributed by atoms with Gasteiger partial charge >= 0.3 is 0 Å². The molecule has 5 N–H and O–H groups in total. The van der Waals surface area contributed by atoms with E-state index in [1.807, 2.05) is 57.2 Å². The lowest BCUT2D eigenvalue weighted by Gasteiger charge is -2.15. The molecule has 0 saturated heterocycles. The summed E-state index contributed by atoms with van der Waals surface area (Å²) >= 11 is 0. The standard InChI is InChI=1S/C20H30N4O/c1-6-9-17(14-23-20(21)22)13-12-15(4)19(25)24-16(5)18(10-7-2)11-8-3/h6-13,16H,2,14H2,1,3-5H3,(H,24,25)(H4,21,22,23)/b9-6-,11-8-,15-12+,17-13-,18-10+/t16-/m1/s1. The van der Waals surface area contributed by atoms with E-state index in [0.29, 0.717) is 12.1 Å². The molecule has 0 aromatic heterocycles. The Morgan fingerprint density at radius 3 is 2.32 bits per heavy atom. The van der Waals surface area contributed by atoms with E-state index in [0.717, 1.165) is 11.1 Å². The summed E-state index contributed by atoms with van der Waals surface area (Å²) in [6.45, 7) is 11.6. The molecule has 0 saturated carbocycles. The monoisotopic (exact) mass is 342 g/mol. The molecule has 5 nitrogen and oxygen atoms in total. The van der Waals surface area contributed by atoms with Gasteiger partial charge in [-0.1, -0.05) is 55.2 Å². The highest BCUT2D eigenvalue weighted by Gasteiger charge is 2.10. The third-order valence-electron chi connectivity index (χ3n) is 3.25. The normalized spacial score (nSPS) is 14.6. The van der Waals surface area contributed by atoms with Gasteiger partial charge in [-0.15, -0.1) is 0 Å². The predicted octanol–water partition coefficient (Wildman–Crippen LogP) is 2.90. The first-order chi connectivity index (χ1) is 11.8. The van der Waals surface area contributed by atoms with Gasteiger partial charge in [0.1, 0.15) is 0 Å². The Hall–Kier alpha value is -2.82. The molecule has 0 aromatic carbocycles. The number of guanidine groups is 1. The number of rotatable bonds is 9.